The van der Waals surface area contributed by atoms with Crippen molar-refractivity contribution in [3.63, 3.8) is 0 Å². The Morgan fingerprint density at radius 3 is 2.40 bits per heavy atom. The minimum Gasteiger partial charge on any atom is -0.375 e. The van der Waals surface area contributed by atoms with Gasteiger partial charge in [-0.15, -0.1) is 0 Å². The van der Waals surface area contributed by atoms with Crippen LogP contribution in [0.4, 0.5) is 5.69 Å². The van der Waals surface area contributed by atoms with Gasteiger partial charge in [0.05, 0.1) is 0 Å². The van der Waals surface area contributed by atoms with Crippen molar-refractivity contribution in [2.75, 3.05) is 38.1 Å². The van der Waals surface area contributed by atoms with E-state index in [-0.39, 0.29) is 0 Å². The third-order valence-corrected chi connectivity index (χ3v) is 4.21. The van der Waals surface area contributed by atoms with Crippen LogP contribution in [0.25, 0.3) is 0 Å². The van der Waals surface area contributed by atoms with Crippen molar-refractivity contribution in [2.45, 2.75) is 38.5 Å². The Labute approximate surface area is 124 Å². The number of hydrogen-bond acceptors (Lipinski definition) is 2. The van der Waals surface area contributed by atoms with Gasteiger partial charge in [0.2, 0.25) is 0 Å². The Balaban J connectivity index is 1.49. The first-order valence-electron chi connectivity index (χ1n) is 8.16. The largest absolute Gasteiger partial charge is 0.375 e. The number of para-hydroxylation sites is 1. The third-order valence-electron chi connectivity index (χ3n) is 4.21. The van der Waals surface area contributed by atoms with Crippen LogP contribution >= 0.6 is 0 Å². The van der Waals surface area contributed by atoms with Crippen LogP contribution in [-0.4, -0.2) is 38.1 Å². The van der Waals surface area contributed by atoms with E-state index in [0.29, 0.717) is 0 Å². The molecule has 0 spiro atoms. The van der Waals surface area contributed by atoms with Crippen molar-refractivity contribution in [3.8, 4) is 0 Å². The highest BCUT2D eigenvalue weighted by Crippen LogP contribution is 2.13. The van der Waals surface area contributed by atoms with Crippen molar-refractivity contribution in [2.24, 2.45) is 0 Å². The van der Waals surface area contributed by atoms with Gasteiger partial charge in [-0.05, 0) is 63.9 Å². The predicted octanol–water partition coefficient (Wildman–Crippen LogP) is 3.98. The Kier molecular flexibility index (Phi) is 6.93. The van der Waals surface area contributed by atoms with E-state index in [2.05, 4.69) is 53.6 Å². The zero-order valence-electron chi connectivity index (χ0n) is 12.9. The van der Waals surface area contributed by atoms with Crippen LogP contribution in [0.3, 0.4) is 0 Å². The number of benzene rings is 1. The molecule has 0 unspecified atom stereocenters. The van der Waals surface area contributed by atoms with Crippen molar-refractivity contribution in [1.29, 1.82) is 0 Å². The lowest BCUT2D eigenvalue weighted by Crippen LogP contribution is -2.30. The van der Waals surface area contributed by atoms with Gasteiger partial charge in [0.25, 0.3) is 0 Å². The normalized spacial score (nSPS) is 16.2. The summed E-state index contributed by atoms with van der Waals surface area (Å²) in [5, 5.41) is 0. The maximum Gasteiger partial charge on any atom is 0.0363 e. The summed E-state index contributed by atoms with van der Waals surface area (Å²) in [5.74, 6) is 0. The minimum absolute atomic E-state index is 1.17. The highest BCUT2D eigenvalue weighted by atomic mass is 15.1. The molecule has 1 aromatic carbocycles. The predicted molar refractivity (Wildman–Crippen MR) is 88.2 cm³/mol. The molecular weight excluding hydrogens is 244 g/mol. The molecule has 1 saturated heterocycles. The van der Waals surface area contributed by atoms with Crippen LogP contribution < -0.4 is 4.90 Å². The first kappa shape index (κ1) is 15.4. The SMILES string of the molecule is CN(CCCCCCN1CC[CH]CC1)c1ccccc1. The highest BCUT2D eigenvalue weighted by Gasteiger charge is 2.08. The van der Waals surface area contributed by atoms with Crippen molar-refractivity contribution in [1.82, 2.24) is 4.90 Å². The lowest BCUT2D eigenvalue weighted by atomic mass is 10.1. The van der Waals surface area contributed by atoms with Crippen LogP contribution in [0.2, 0.25) is 0 Å². The van der Waals surface area contributed by atoms with Crippen LogP contribution in [0.5, 0.6) is 0 Å². The lowest BCUT2D eigenvalue weighted by molar-refractivity contribution is 0.248. The van der Waals surface area contributed by atoms with Crippen LogP contribution in [0.15, 0.2) is 30.3 Å². The molecule has 0 bridgehead atoms. The van der Waals surface area contributed by atoms with Crippen molar-refractivity contribution in [3.05, 3.63) is 36.8 Å². The average molecular weight is 273 g/mol. The lowest BCUT2D eigenvalue weighted by Gasteiger charge is -2.26. The quantitative estimate of drug-likeness (QED) is 0.661. The smallest absolute Gasteiger partial charge is 0.0363 e. The molecule has 2 nitrogen and oxygen atoms in total. The Bertz CT molecular complexity index is 344. The molecule has 1 aliphatic heterocycles. The molecule has 0 saturated carbocycles. The van der Waals surface area contributed by atoms with E-state index >= 15 is 0 Å². The second-order valence-electron chi connectivity index (χ2n) is 5.88. The van der Waals surface area contributed by atoms with E-state index in [1.165, 1.54) is 70.4 Å². The number of unbranched alkanes of at least 4 members (excludes halogenated alkanes) is 3. The Morgan fingerprint density at radius 1 is 0.950 bits per heavy atom. The maximum absolute atomic E-state index is 2.62. The maximum atomic E-state index is 2.62. The minimum atomic E-state index is 1.17. The van der Waals surface area contributed by atoms with E-state index in [1.54, 1.807) is 0 Å². The number of piperidine rings is 1. The van der Waals surface area contributed by atoms with Gasteiger partial charge < -0.3 is 9.80 Å². The number of likely N-dealkylation sites (tertiary alicyclic amines) is 1. The van der Waals surface area contributed by atoms with Gasteiger partial charge in [-0.3, -0.25) is 0 Å². The summed E-state index contributed by atoms with van der Waals surface area (Å²) in [6.07, 6.45) is 10.4. The van der Waals surface area contributed by atoms with E-state index in [9.17, 15) is 0 Å². The summed E-state index contributed by atoms with van der Waals surface area (Å²) in [7, 11) is 2.19. The summed E-state index contributed by atoms with van der Waals surface area (Å²) in [6.45, 7) is 5.05. The molecule has 1 aliphatic rings. The van der Waals surface area contributed by atoms with Gasteiger partial charge in [-0.25, -0.2) is 0 Å². The van der Waals surface area contributed by atoms with E-state index in [0.717, 1.165) is 0 Å². The van der Waals surface area contributed by atoms with Crippen LogP contribution in [-0.2, 0) is 0 Å². The second kappa shape index (κ2) is 9.02. The Morgan fingerprint density at radius 2 is 1.65 bits per heavy atom. The molecule has 1 radical (unpaired) electrons. The van der Waals surface area contributed by atoms with Crippen LogP contribution in [0.1, 0.15) is 38.5 Å². The molecule has 1 aromatic rings. The molecule has 2 heteroatoms. The summed E-state index contributed by atoms with van der Waals surface area (Å²) in [6, 6.07) is 10.7. The van der Waals surface area contributed by atoms with Crippen LogP contribution in [0, 0.1) is 6.42 Å². The Hall–Kier alpha value is -1.02. The molecule has 1 fully saturated rings. The van der Waals surface area contributed by atoms with Gasteiger partial charge in [-0.1, -0.05) is 31.0 Å². The van der Waals surface area contributed by atoms with E-state index < -0.39 is 0 Å². The number of hydrogen-bond donors (Lipinski definition) is 0. The zero-order chi connectivity index (χ0) is 14.0. The second-order valence-corrected chi connectivity index (χ2v) is 5.88. The fraction of sp³-hybridized carbons (Fsp3) is 0.611. The monoisotopic (exact) mass is 273 g/mol. The average Bonchev–Trinajstić information content (AvgIpc) is 2.52. The molecule has 20 heavy (non-hydrogen) atoms. The van der Waals surface area contributed by atoms with Gasteiger partial charge in [0, 0.05) is 19.3 Å². The topological polar surface area (TPSA) is 6.48 Å². The first-order chi connectivity index (χ1) is 9.86. The number of nitrogens with zero attached hydrogens (tertiary/aromatic N) is 2. The van der Waals surface area contributed by atoms with Gasteiger partial charge >= 0.3 is 0 Å². The summed E-state index contributed by atoms with van der Waals surface area (Å²) < 4.78 is 0. The number of rotatable bonds is 8. The van der Waals surface area contributed by atoms with Gasteiger partial charge in [0.15, 0.2) is 0 Å². The summed E-state index contributed by atoms with van der Waals surface area (Å²) in [4.78, 5) is 4.98. The number of anilines is 1. The fourth-order valence-corrected chi connectivity index (χ4v) is 2.88. The molecule has 0 N–H and O–H groups in total. The molecular formula is C18H29N2. The molecule has 111 valence electrons. The third kappa shape index (κ3) is 5.54. The molecule has 2 rings (SSSR count). The standard InChI is InChI=1S/C18H29N2/c1-19(18-12-6-4-7-13-18)14-8-2-3-9-15-20-16-10-5-11-17-20/h4-7,12-13H,2-3,8-11,14-17H2,1H3. The van der Waals surface area contributed by atoms with Gasteiger partial charge in [-0.2, -0.15) is 0 Å². The zero-order valence-corrected chi connectivity index (χ0v) is 12.9. The van der Waals surface area contributed by atoms with Crippen molar-refractivity contribution >= 4 is 5.69 Å². The first-order valence-corrected chi connectivity index (χ1v) is 8.16. The summed E-state index contributed by atoms with van der Waals surface area (Å²) in [5.41, 5.74) is 1.33. The fourth-order valence-electron chi connectivity index (χ4n) is 2.88. The molecule has 0 aliphatic carbocycles. The summed E-state index contributed by atoms with van der Waals surface area (Å²) >= 11 is 0. The van der Waals surface area contributed by atoms with E-state index in [1.807, 2.05) is 0 Å². The van der Waals surface area contributed by atoms with E-state index in [4.69, 9.17) is 0 Å². The molecule has 0 aromatic heterocycles. The molecule has 1 heterocycles. The molecule has 0 amide bonds. The molecule has 0 atom stereocenters. The van der Waals surface area contributed by atoms with Gasteiger partial charge in [0.1, 0.15) is 0 Å². The highest BCUT2D eigenvalue weighted by molar-refractivity contribution is 5.44. The van der Waals surface area contributed by atoms with Crippen molar-refractivity contribution < 1.29 is 0 Å².